The zero-order valence-electron chi connectivity index (χ0n) is 32.4. The molecular formula is C43H42ClFN10O4. The second-order valence-corrected chi connectivity index (χ2v) is 16.8. The molecule has 1 spiro atoms. The summed E-state index contributed by atoms with van der Waals surface area (Å²) in [5, 5.41) is 13.5. The Labute approximate surface area is 344 Å². The summed E-state index contributed by atoms with van der Waals surface area (Å²) in [6.45, 7) is 3.82. The van der Waals surface area contributed by atoms with E-state index in [1.807, 2.05) is 23.2 Å². The number of imide groups is 1. The van der Waals surface area contributed by atoms with Gasteiger partial charge in [-0.05, 0) is 67.1 Å². The zero-order chi connectivity index (χ0) is 40.6. The normalized spacial score (nSPS) is 21.9. The molecule has 3 saturated heterocycles. The molecule has 302 valence electrons. The van der Waals surface area contributed by atoms with E-state index in [2.05, 4.69) is 55.0 Å². The van der Waals surface area contributed by atoms with Crippen LogP contribution in [0.25, 0.3) is 16.9 Å². The van der Waals surface area contributed by atoms with Gasteiger partial charge in [0.15, 0.2) is 17.2 Å². The van der Waals surface area contributed by atoms with Crippen LogP contribution in [0.2, 0.25) is 5.02 Å². The van der Waals surface area contributed by atoms with Crippen LogP contribution in [0.3, 0.4) is 0 Å². The number of fused-ring (bicyclic) bond motifs is 2. The van der Waals surface area contributed by atoms with E-state index >= 15 is 0 Å². The van der Waals surface area contributed by atoms with Crippen molar-refractivity contribution < 1.29 is 23.6 Å². The summed E-state index contributed by atoms with van der Waals surface area (Å²) in [6.07, 6.45) is 6.12. The van der Waals surface area contributed by atoms with Gasteiger partial charge in [0.05, 0.1) is 41.4 Å². The lowest BCUT2D eigenvalue weighted by molar-refractivity contribution is -0.134. The van der Waals surface area contributed by atoms with E-state index in [-0.39, 0.29) is 35.3 Å². The van der Waals surface area contributed by atoms with E-state index < -0.39 is 24.0 Å². The van der Waals surface area contributed by atoms with Crippen LogP contribution in [-0.4, -0.2) is 100 Å². The molecule has 5 aliphatic rings. The molecule has 3 N–H and O–H groups in total. The Hall–Kier alpha value is -6.09. The highest BCUT2D eigenvalue weighted by Crippen LogP contribution is 2.44. The summed E-state index contributed by atoms with van der Waals surface area (Å²) in [6, 6.07) is 17.0. The number of nitrogens with one attached hydrogen (secondary N) is 3. The molecule has 0 radical (unpaired) electrons. The number of carbonyl (C=O) groups excluding carboxylic acids is 4. The lowest BCUT2D eigenvalue weighted by atomic mass is 9.71. The van der Waals surface area contributed by atoms with Crippen LogP contribution in [0, 0.1) is 5.41 Å². The number of piperidine rings is 2. The fourth-order valence-electron chi connectivity index (χ4n) is 9.20. The minimum absolute atomic E-state index is 0.0656. The van der Waals surface area contributed by atoms with Crippen molar-refractivity contribution in [3.63, 3.8) is 0 Å². The Balaban J connectivity index is 0.785. The topological polar surface area (TPSA) is 157 Å². The monoisotopic (exact) mass is 816 g/mol. The van der Waals surface area contributed by atoms with Crippen molar-refractivity contribution >= 4 is 63.8 Å². The molecular weight excluding hydrogens is 775 g/mol. The van der Waals surface area contributed by atoms with Gasteiger partial charge in [-0.25, -0.2) is 13.9 Å². The quantitative estimate of drug-likeness (QED) is 0.176. The number of nitrogens with zero attached hydrogens (tertiary/aromatic N) is 7. The molecule has 10 rings (SSSR count). The summed E-state index contributed by atoms with van der Waals surface area (Å²) in [7, 11) is 1.80. The summed E-state index contributed by atoms with van der Waals surface area (Å²) < 4.78 is 15.1. The summed E-state index contributed by atoms with van der Waals surface area (Å²) in [5.41, 5.74) is 7.91. The fraction of sp³-hybridized carbons (Fsp3) is 0.372. The number of alkyl halides is 1. The largest absolute Gasteiger partial charge is 0.385 e. The molecule has 5 aromatic rings. The number of imidazole rings is 1. The molecule has 59 heavy (non-hydrogen) atoms. The molecule has 1 unspecified atom stereocenters. The number of rotatable bonds is 8. The van der Waals surface area contributed by atoms with Crippen LogP contribution in [0.1, 0.15) is 70.0 Å². The highest BCUT2D eigenvalue weighted by Gasteiger charge is 2.47. The molecule has 4 fully saturated rings. The van der Waals surface area contributed by atoms with Crippen molar-refractivity contribution in [1.82, 2.24) is 35.1 Å². The third kappa shape index (κ3) is 6.61. The highest BCUT2D eigenvalue weighted by molar-refractivity contribution is 6.32. The maximum Gasteiger partial charge on any atom is 0.271 e. The molecule has 0 bridgehead atoms. The van der Waals surface area contributed by atoms with Gasteiger partial charge in [-0.15, -0.1) is 5.10 Å². The van der Waals surface area contributed by atoms with Crippen LogP contribution in [0.5, 0.6) is 0 Å². The third-order valence-electron chi connectivity index (χ3n) is 12.7. The second kappa shape index (κ2) is 14.3. The Kier molecular flexibility index (Phi) is 9.03. The Morgan fingerprint density at radius 1 is 0.983 bits per heavy atom. The molecule has 3 aromatic heterocycles. The predicted octanol–water partition coefficient (Wildman–Crippen LogP) is 5.28. The van der Waals surface area contributed by atoms with Crippen LogP contribution in [0.4, 0.5) is 27.3 Å². The average Bonchev–Trinajstić information content (AvgIpc) is 3.55. The SMILES string of the molecule is CNc1cc(N2CCc3c(-c4ccc(N5CCC6(CC5)CN(C(=O)c5ccc(C7CCC(=O)NC7=O)c(Cl)c5)C6)cn4)cccc32)nn2c(C(=O)N[C@@H]3C[C@@H]3F)cnc12. The Morgan fingerprint density at radius 2 is 1.80 bits per heavy atom. The summed E-state index contributed by atoms with van der Waals surface area (Å²) in [5.74, 6) is -0.939. The maximum absolute atomic E-state index is 13.6. The van der Waals surface area contributed by atoms with E-state index in [0.717, 1.165) is 60.7 Å². The van der Waals surface area contributed by atoms with Crippen molar-refractivity contribution in [3.8, 4) is 11.3 Å². The maximum atomic E-state index is 13.6. The standard InChI is InChI=1S/C43H42ClFN10O4/c1-46-34-19-37(51-55-36(21-48-39(34)55)41(58)49-33-18-31(33)45)54-14-11-28-27(3-2-4-35(28)54)32-9-6-25(20-47-32)52-15-12-43(13-16-52)22-53(23-43)42(59)24-5-7-26(30(44)17-24)29-8-10-38(56)50-40(29)57/h2-7,9,17,19-21,29,31,33,46H,8,10-16,18,22-23H2,1H3,(H,49,58)(H,50,56,57)/t29?,31-,33+/m0/s1. The number of pyridine rings is 1. The van der Waals surface area contributed by atoms with Gasteiger partial charge in [0.1, 0.15) is 6.17 Å². The van der Waals surface area contributed by atoms with Gasteiger partial charge < -0.3 is 25.3 Å². The lowest BCUT2D eigenvalue weighted by Crippen LogP contribution is -2.61. The Morgan fingerprint density at radius 3 is 2.51 bits per heavy atom. The van der Waals surface area contributed by atoms with Crippen molar-refractivity contribution in [2.75, 3.05) is 54.9 Å². The molecule has 1 saturated carbocycles. The number of amides is 4. The van der Waals surface area contributed by atoms with Gasteiger partial charge in [0, 0.05) is 85.9 Å². The molecule has 4 aliphatic heterocycles. The van der Waals surface area contributed by atoms with E-state index in [9.17, 15) is 23.6 Å². The van der Waals surface area contributed by atoms with E-state index in [1.54, 1.807) is 25.2 Å². The number of benzene rings is 2. The molecule has 16 heteroatoms. The second-order valence-electron chi connectivity index (χ2n) is 16.4. The van der Waals surface area contributed by atoms with Crippen molar-refractivity contribution in [1.29, 1.82) is 0 Å². The predicted molar refractivity (Wildman–Crippen MR) is 220 cm³/mol. The molecule has 7 heterocycles. The number of hydrogen-bond acceptors (Lipinski definition) is 10. The van der Waals surface area contributed by atoms with Gasteiger partial charge in [0.25, 0.3) is 11.8 Å². The van der Waals surface area contributed by atoms with Crippen molar-refractivity contribution in [2.24, 2.45) is 5.41 Å². The van der Waals surface area contributed by atoms with Gasteiger partial charge in [0.2, 0.25) is 11.8 Å². The first-order valence-electron chi connectivity index (χ1n) is 20.1. The minimum atomic E-state index is -1.01. The first kappa shape index (κ1) is 37.2. The molecule has 2 aromatic carbocycles. The number of carbonyl (C=O) groups is 4. The van der Waals surface area contributed by atoms with Gasteiger partial charge in [-0.1, -0.05) is 29.8 Å². The van der Waals surface area contributed by atoms with Gasteiger partial charge >= 0.3 is 0 Å². The van der Waals surface area contributed by atoms with Crippen LogP contribution in [-0.2, 0) is 16.0 Å². The minimum Gasteiger partial charge on any atom is -0.385 e. The molecule has 14 nitrogen and oxygen atoms in total. The van der Waals surface area contributed by atoms with Crippen molar-refractivity contribution in [2.45, 2.75) is 56.7 Å². The van der Waals surface area contributed by atoms with Gasteiger partial charge in [-0.3, -0.25) is 29.5 Å². The number of aromatic nitrogens is 4. The Bertz CT molecular complexity index is 2550. The molecule has 3 atom stereocenters. The number of likely N-dealkylation sites (tertiary alicyclic amines) is 1. The summed E-state index contributed by atoms with van der Waals surface area (Å²) in [4.78, 5) is 66.2. The van der Waals surface area contributed by atoms with Crippen molar-refractivity contribution in [3.05, 3.63) is 94.4 Å². The zero-order valence-corrected chi connectivity index (χ0v) is 33.1. The van der Waals surface area contributed by atoms with E-state index in [4.69, 9.17) is 21.7 Å². The number of halogens is 2. The lowest BCUT2D eigenvalue weighted by Gasteiger charge is -2.54. The van der Waals surface area contributed by atoms with Crippen LogP contribution in [0.15, 0.2) is 67.0 Å². The first-order valence-corrected chi connectivity index (χ1v) is 20.5. The fourth-order valence-corrected chi connectivity index (χ4v) is 9.52. The number of anilines is 4. The van der Waals surface area contributed by atoms with Gasteiger partial charge in [-0.2, -0.15) is 0 Å². The average molecular weight is 817 g/mol. The third-order valence-corrected chi connectivity index (χ3v) is 13.0. The van der Waals surface area contributed by atoms with E-state index in [1.165, 1.54) is 16.3 Å². The van der Waals surface area contributed by atoms with E-state index in [0.29, 0.717) is 60.1 Å². The highest BCUT2D eigenvalue weighted by atomic mass is 35.5. The molecule has 1 aliphatic carbocycles. The summed E-state index contributed by atoms with van der Waals surface area (Å²) >= 11 is 6.57. The smallest absolute Gasteiger partial charge is 0.271 e. The molecule has 4 amide bonds. The first-order chi connectivity index (χ1) is 28.6. The number of hydrogen-bond donors (Lipinski definition) is 3. The van der Waals surface area contributed by atoms with Crippen LogP contribution < -0.4 is 25.8 Å². The van der Waals surface area contributed by atoms with Crippen LogP contribution >= 0.6 is 11.6 Å².